The maximum absolute atomic E-state index is 2.45. The highest BCUT2D eigenvalue weighted by Crippen LogP contribution is 2.51. The number of hydrogen-bond donors (Lipinski definition) is 0. The number of allylic oxidation sites excluding steroid dienone is 4. The molecule has 0 unspecified atom stereocenters. The average molecular weight is 180 g/mol. The minimum atomic E-state index is 0.809. The lowest BCUT2D eigenvalue weighted by Crippen LogP contribution is -2.36. The Balaban J connectivity index is 1.89. The highest BCUT2D eigenvalue weighted by molar-refractivity contribution is 5.50. The number of hydrogen-bond acceptors (Lipinski definition) is 0. The molecule has 0 N–H and O–H groups in total. The van der Waals surface area contributed by atoms with Crippen molar-refractivity contribution in [1.29, 1.82) is 0 Å². The van der Waals surface area contributed by atoms with Crippen molar-refractivity contribution in [3.63, 3.8) is 0 Å². The predicted molar refractivity (Wildman–Crippen MR) is 57.0 cm³/mol. The lowest BCUT2D eigenvalue weighted by molar-refractivity contribution is 0.444. The Labute approximate surface area is 84.0 Å². The minimum absolute atomic E-state index is 0.809. The van der Waals surface area contributed by atoms with Crippen LogP contribution in [0.3, 0.4) is 0 Å². The van der Waals surface area contributed by atoms with Crippen LogP contribution < -0.4 is 0 Å². The fourth-order valence-corrected chi connectivity index (χ4v) is 3.10. The van der Waals surface area contributed by atoms with E-state index in [1.54, 1.807) is 11.1 Å². The first-order chi connectivity index (χ1) is 6.90. The Kier molecular flexibility index (Phi) is 1.11. The van der Waals surface area contributed by atoms with E-state index in [2.05, 4.69) is 36.4 Å². The molecule has 0 atom stereocenters. The van der Waals surface area contributed by atoms with Gasteiger partial charge in [-0.3, -0.25) is 0 Å². The Morgan fingerprint density at radius 2 is 1.57 bits per heavy atom. The summed E-state index contributed by atoms with van der Waals surface area (Å²) in [4.78, 5) is 0. The molecular formula is C14H12. The highest BCUT2D eigenvalue weighted by atomic mass is 14.4. The van der Waals surface area contributed by atoms with E-state index < -0.39 is 0 Å². The first-order valence-electron chi connectivity index (χ1n) is 5.39. The quantitative estimate of drug-likeness (QED) is 0.538. The molecule has 0 heterocycles. The molecule has 3 aliphatic rings. The van der Waals surface area contributed by atoms with E-state index in [0.717, 1.165) is 11.8 Å². The molecule has 1 aromatic rings. The lowest BCUT2D eigenvalue weighted by Gasteiger charge is -2.45. The van der Waals surface area contributed by atoms with E-state index >= 15 is 0 Å². The third-order valence-electron chi connectivity index (χ3n) is 3.80. The Morgan fingerprint density at radius 3 is 2.14 bits per heavy atom. The zero-order valence-corrected chi connectivity index (χ0v) is 8.03. The van der Waals surface area contributed by atoms with Crippen LogP contribution in [0.2, 0.25) is 0 Å². The van der Waals surface area contributed by atoms with Crippen LogP contribution in [0.15, 0.2) is 47.6 Å². The first kappa shape index (κ1) is 7.05. The van der Waals surface area contributed by atoms with Crippen molar-refractivity contribution in [2.24, 2.45) is 11.8 Å². The van der Waals surface area contributed by atoms with Gasteiger partial charge in [0.1, 0.15) is 0 Å². The summed E-state index contributed by atoms with van der Waals surface area (Å²) in [5.41, 5.74) is 6.34. The van der Waals surface area contributed by atoms with Gasteiger partial charge in [0, 0.05) is 11.8 Å². The molecule has 14 heavy (non-hydrogen) atoms. The molecule has 3 aliphatic carbocycles. The van der Waals surface area contributed by atoms with Gasteiger partial charge in [0.15, 0.2) is 0 Å². The van der Waals surface area contributed by atoms with Crippen LogP contribution in [0.25, 0.3) is 0 Å². The van der Waals surface area contributed by atoms with Crippen LogP contribution >= 0.6 is 0 Å². The van der Waals surface area contributed by atoms with Crippen LogP contribution in [-0.2, 0) is 12.8 Å². The first-order valence-corrected chi connectivity index (χ1v) is 5.39. The van der Waals surface area contributed by atoms with E-state index in [1.165, 1.54) is 24.0 Å². The van der Waals surface area contributed by atoms with E-state index in [0.29, 0.717) is 0 Å². The summed E-state index contributed by atoms with van der Waals surface area (Å²) in [6.45, 7) is 0. The van der Waals surface area contributed by atoms with Crippen molar-refractivity contribution in [1.82, 2.24) is 0 Å². The molecule has 4 rings (SSSR count). The zero-order chi connectivity index (χ0) is 9.12. The van der Waals surface area contributed by atoms with Crippen molar-refractivity contribution in [3.8, 4) is 0 Å². The van der Waals surface area contributed by atoms with E-state index in [-0.39, 0.29) is 0 Å². The highest BCUT2D eigenvalue weighted by Gasteiger charge is 2.40. The summed E-state index contributed by atoms with van der Waals surface area (Å²) in [6, 6.07) is 9.07. The van der Waals surface area contributed by atoms with Gasteiger partial charge in [-0.1, -0.05) is 47.6 Å². The van der Waals surface area contributed by atoms with Gasteiger partial charge in [-0.2, -0.15) is 0 Å². The smallest absolute Gasteiger partial charge is 0.0112 e. The monoisotopic (exact) mass is 180 g/mol. The second-order valence-electron chi connectivity index (χ2n) is 4.71. The molecule has 0 spiro atoms. The summed E-state index contributed by atoms with van der Waals surface area (Å²) in [6.07, 6.45) is 7.27. The maximum atomic E-state index is 2.45. The van der Waals surface area contributed by atoms with Crippen LogP contribution in [0.1, 0.15) is 11.1 Å². The number of rotatable bonds is 0. The summed E-state index contributed by atoms with van der Waals surface area (Å²) < 4.78 is 0. The number of fused-ring (bicyclic) bond motifs is 2. The van der Waals surface area contributed by atoms with Crippen molar-refractivity contribution in [2.75, 3.05) is 0 Å². The zero-order valence-electron chi connectivity index (χ0n) is 8.03. The Hall–Kier alpha value is -1.30. The third-order valence-corrected chi connectivity index (χ3v) is 3.80. The topological polar surface area (TPSA) is 0 Å². The van der Waals surface area contributed by atoms with E-state index in [9.17, 15) is 0 Å². The van der Waals surface area contributed by atoms with Gasteiger partial charge in [0.05, 0.1) is 0 Å². The van der Waals surface area contributed by atoms with Gasteiger partial charge in [-0.15, -0.1) is 0 Å². The summed E-state index contributed by atoms with van der Waals surface area (Å²) in [5.74, 6) is 1.65. The molecule has 0 aliphatic heterocycles. The molecule has 1 aromatic carbocycles. The van der Waals surface area contributed by atoms with Crippen LogP contribution in [0, 0.1) is 11.8 Å². The lowest BCUT2D eigenvalue weighted by atomic mass is 9.59. The molecule has 0 amide bonds. The summed E-state index contributed by atoms with van der Waals surface area (Å²) in [7, 11) is 0. The molecule has 0 nitrogen and oxygen atoms in total. The molecule has 0 saturated carbocycles. The average Bonchev–Trinajstić information content (AvgIpc) is 2.14. The SMILES string of the molecule is C1=C2Cc3cccc(c3)CC3=CC1C23. The van der Waals surface area contributed by atoms with Crippen molar-refractivity contribution < 1.29 is 0 Å². The fourth-order valence-electron chi connectivity index (χ4n) is 3.10. The van der Waals surface area contributed by atoms with E-state index in [4.69, 9.17) is 0 Å². The van der Waals surface area contributed by atoms with Crippen molar-refractivity contribution >= 4 is 0 Å². The molecule has 0 aromatic heterocycles. The Morgan fingerprint density at radius 1 is 0.929 bits per heavy atom. The molecule has 0 radical (unpaired) electrons. The number of benzene rings is 1. The largest absolute Gasteiger partial charge is 0.0765 e. The predicted octanol–water partition coefficient (Wildman–Crippen LogP) is 2.90. The van der Waals surface area contributed by atoms with Crippen LogP contribution in [-0.4, -0.2) is 0 Å². The molecule has 0 saturated heterocycles. The van der Waals surface area contributed by atoms with Crippen LogP contribution in [0.5, 0.6) is 0 Å². The second kappa shape index (κ2) is 2.20. The molecule has 0 fully saturated rings. The second-order valence-corrected chi connectivity index (χ2v) is 4.71. The van der Waals surface area contributed by atoms with Gasteiger partial charge >= 0.3 is 0 Å². The molecule has 0 heteroatoms. The fraction of sp³-hybridized carbons (Fsp3) is 0.286. The minimum Gasteiger partial charge on any atom is -0.0765 e. The van der Waals surface area contributed by atoms with Gasteiger partial charge in [0.25, 0.3) is 0 Å². The standard InChI is InChI=1S/C14H12/c1-2-9-4-10(3-1)6-12-8-13-7-11(5-9)14(12)13/h1-4,7-8,13-14H,5-6H2. The van der Waals surface area contributed by atoms with Gasteiger partial charge < -0.3 is 0 Å². The maximum Gasteiger partial charge on any atom is 0.0112 e. The van der Waals surface area contributed by atoms with Crippen molar-refractivity contribution in [3.05, 3.63) is 58.7 Å². The molecule has 68 valence electrons. The molecular weight excluding hydrogens is 168 g/mol. The summed E-state index contributed by atoms with van der Waals surface area (Å²) in [5, 5.41) is 0. The third kappa shape index (κ3) is 0.747. The molecule has 2 bridgehead atoms. The van der Waals surface area contributed by atoms with Crippen molar-refractivity contribution in [2.45, 2.75) is 12.8 Å². The van der Waals surface area contributed by atoms with Gasteiger partial charge in [-0.25, -0.2) is 0 Å². The summed E-state index contributed by atoms with van der Waals surface area (Å²) >= 11 is 0. The van der Waals surface area contributed by atoms with Gasteiger partial charge in [0.2, 0.25) is 0 Å². The Bertz CT molecular complexity index is 437. The van der Waals surface area contributed by atoms with Crippen LogP contribution in [0.4, 0.5) is 0 Å². The van der Waals surface area contributed by atoms with Gasteiger partial charge in [-0.05, 0) is 24.0 Å². The normalized spacial score (nSPS) is 31.1. The van der Waals surface area contributed by atoms with E-state index in [1.807, 2.05) is 0 Å².